The molecular weight excluding hydrogens is 228 g/mol. The molecule has 2 aromatic heterocycles. The molecular formula is C13H20N4O. The van der Waals surface area contributed by atoms with Gasteiger partial charge in [0.05, 0.1) is 17.9 Å². The van der Waals surface area contributed by atoms with Crippen molar-refractivity contribution >= 4 is 5.52 Å². The van der Waals surface area contributed by atoms with Crippen molar-refractivity contribution in [2.24, 2.45) is 5.92 Å². The highest BCUT2D eigenvalue weighted by atomic mass is 16.5. The molecule has 0 spiro atoms. The van der Waals surface area contributed by atoms with Crippen LogP contribution in [-0.4, -0.2) is 35.4 Å². The zero-order valence-electron chi connectivity index (χ0n) is 11.1. The molecule has 0 fully saturated rings. The SMILES string of the molecule is CNC(c1cnn2ccncc12)C(C)CCOC. The van der Waals surface area contributed by atoms with Crippen molar-refractivity contribution in [1.82, 2.24) is 19.9 Å². The summed E-state index contributed by atoms with van der Waals surface area (Å²) in [5, 5.41) is 7.72. The zero-order valence-corrected chi connectivity index (χ0v) is 11.1. The number of methoxy groups -OCH3 is 1. The van der Waals surface area contributed by atoms with Crippen LogP contribution in [-0.2, 0) is 4.74 Å². The molecule has 0 aliphatic rings. The summed E-state index contributed by atoms with van der Waals surface area (Å²) < 4.78 is 7.01. The lowest BCUT2D eigenvalue weighted by Gasteiger charge is -2.22. The Kier molecular flexibility index (Phi) is 4.28. The van der Waals surface area contributed by atoms with Gasteiger partial charge in [0, 0.05) is 37.7 Å². The summed E-state index contributed by atoms with van der Waals surface area (Å²) >= 11 is 0. The van der Waals surface area contributed by atoms with Gasteiger partial charge >= 0.3 is 0 Å². The average molecular weight is 248 g/mol. The molecule has 0 bridgehead atoms. The second-order valence-corrected chi connectivity index (χ2v) is 4.53. The quantitative estimate of drug-likeness (QED) is 0.844. The maximum atomic E-state index is 5.15. The fraction of sp³-hybridized carbons (Fsp3) is 0.538. The molecule has 2 atom stereocenters. The van der Waals surface area contributed by atoms with Crippen LogP contribution in [0.2, 0.25) is 0 Å². The molecule has 0 radical (unpaired) electrons. The molecule has 2 heterocycles. The van der Waals surface area contributed by atoms with E-state index in [9.17, 15) is 0 Å². The van der Waals surface area contributed by atoms with Crippen LogP contribution in [0.1, 0.15) is 24.9 Å². The first kappa shape index (κ1) is 13.0. The summed E-state index contributed by atoms with van der Waals surface area (Å²) in [7, 11) is 3.72. The molecule has 2 unspecified atom stereocenters. The Morgan fingerprint density at radius 3 is 3.00 bits per heavy atom. The number of rotatable bonds is 6. The standard InChI is InChI=1S/C13H20N4O/c1-10(4-7-18-3)13(14-2)11-8-16-17-6-5-15-9-12(11)17/h5-6,8-10,13-14H,4,7H2,1-3H3. The van der Waals surface area contributed by atoms with Crippen molar-refractivity contribution in [1.29, 1.82) is 0 Å². The second-order valence-electron chi connectivity index (χ2n) is 4.53. The number of nitrogens with zero attached hydrogens (tertiary/aromatic N) is 3. The van der Waals surface area contributed by atoms with Crippen LogP contribution in [0.4, 0.5) is 0 Å². The van der Waals surface area contributed by atoms with Crippen LogP contribution in [0, 0.1) is 5.92 Å². The molecule has 18 heavy (non-hydrogen) atoms. The number of hydrogen-bond donors (Lipinski definition) is 1. The van der Waals surface area contributed by atoms with Gasteiger partial charge in [0.2, 0.25) is 0 Å². The molecule has 0 aliphatic carbocycles. The summed E-state index contributed by atoms with van der Waals surface area (Å²) in [6.07, 6.45) is 8.40. The Morgan fingerprint density at radius 2 is 2.28 bits per heavy atom. The number of fused-ring (bicyclic) bond motifs is 1. The normalized spacial score (nSPS) is 14.8. The minimum absolute atomic E-state index is 0.266. The summed E-state index contributed by atoms with van der Waals surface area (Å²) in [6.45, 7) is 3.00. The molecule has 0 saturated carbocycles. The van der Waals surface area contributed by atoms with Crippen molar-refractivity contribution < 1.29 is 4.74 Å². The molecule has 0 aliphatic heterocycles. The molecule has 0 aromatic carbocycles. The van der Waals surface area contributed by atoms with E-state index >= 15 is 0 Å². The molecule has 5 nitrogen and oxygen atoms in total. The Balaban J connectivity index is 2.26. The Bertz CT molecular complexity index is 496. The Labute approximate surface area is 107 Å². The first-order valence-corrected chi connectivity index (χ1v) is 6.21. The van der Waals surface area contributed by atoms with Crippen LogP contribution >= 0.6 is 0 Å². The third kappa shape index (κ3) is 2.52. The van der Waals surface area contributed by atoms with E-state index in [1.54, 1.807) is 13.3 Å². The minimum atomic E-state index is 0.266. The third-order valence-electron chi connectivity index (χ3n) is 3.35. The number of nitrogens with one attached hydrogen (secondary N) is 1. The lowest BCUT2D eigenvalue weighted by Crippen LogP contribution is -2.24. The predicted octanol–water partition coefficient (Wildman–Crippen LogP) is 1.66. The van der Waals surface area contributed by atoms with Crippen LogP contribution in [0.3, 0.4) is 0 Å². The maximum absolute atomic E-state index is 5.15. The number of aromatic nitrogens is 3. The van der Waals surface area contributed by atoms with E-state index in [4.69, 9.17) is 4.74 Å². The number of hydrogen-bond acceptors (Lipinski definition) is 4. The van der Waals surface area contributed by atoms with Gasteiger partial charge < -0.3 is 10.1 Å². The fourth-order valence-corrected chi connectivity index (χ4v) is 2.31. The lowest BCUT2D eigenvalue weighted by atomic mass is 9.93. The zero-order chi connectivity index (χ0) is 13.0. The average Bonchev–Trinajstić information content (AvgIpc) is 2.81. The van der Waals surface area contributed by atoms with Gasteiger partial charge in [-0.15, -0.1) is 0 Å². The minimum Gasteiger partial charge on any atom is -0.385 e. The first-order chi connectivity index (χ1) is 8.77. The predicted molar refractivity (Wildman–Crippen MR) is 70.4 cm³/mol. The molecule has 2 rings (SSSR count). The Hall–Kier alpha value is -1.46. The van der Waals surface area contributed by atoms with Crippen molar-refractivity contribution in [3.8, 4) is 0 Å². The van der Waals surface area contributed by atoms with Crippen LogP contribution in [0.25, 0.3) is 5.52 Å². The van der Waals surface area contributed by atoms with Crippen molar-refractivity contribution in [3.63, 3.8) is 0 Å². The molecule has 0 amide bonds. The third-order valence-corrected chi connectivity index (χ3v) is 3.35. The largest absolute Gasteiger partial charge is 0.385 e. The fourth-order valence-electron chi connectivity index (χ4n) is 2.31. The smallest absolute Gasteiger partial charge is 0.0892 e. The molecule has 1 N–H and O–H groups in total. The van der Waals surface area contributed by atoms with Gasteiger partial charge in [0.25, 0.3) is 0 Å². The van der Waals surface area contributed by atoms with Gasteiger partial charge in [-0.05, 0) is 19.4 Å². The van der Waals surface area contributed by atoms with Crippen LogP contribution in [0.15, 0.2) is 24.8 Å². The number of ether oxygens (including phenoxy) is 1. The van der Waals surface area contributed by atoms with Crippen LogP contribution < -0.4 is 5.32 Å². The van der Waals surface area contributed by atoms with Gasteiger partial charge in [-0.1, -0.05) is 6.92 Å². The summed E-state index contributed by atoms with van der Waals surface area (Å²) in [5.74, 6) is 0.475. The second kappa shape index (κ2) is 5.93. The summed E-state index contributed by atoms with van der Waals surface area (Å²) in [6, 6.07) is 0.266. The summed E-state index contributed by atoms with van der Waals surface area (Å²) in [4.78, 5) is 4.17. The van der Waals surface area contributed by atoms with E-state index in [1.165, 1.54) is 5.56 Å². The van der Waals surface area contributed by atoms with E-state index in [0.717, 1.165) is 18.5 Å². The van der Waals surface area contributed by atoms with Gasteiger partial charge in [-0.25, -0.2) is 4.52 Å². The topological polar surface area (TPSA) is 51.5 Å². The molecule has 2 aromatic rings. The highest BCUT2D eigenvalue weighted by Crippen LogP contribution is 2.27. The first-order valence-electron chi connectivity index (χ1n) is 6.21. The van der Waals surface area contributed by atoms with E-state index in [-0.39, 0.29) is 6.04 Å². The molecule has 98 valence electrons. The highest BCUT2D eigenvalue weighted by molar-refractivity contribution is 5.53. The Morgan fingerprint density at radius 1 is 1.44 bits per heavy atom. The van der Waals surface area contributed by atoms with E-state index < -0.39 is 0 Å². The maximum Gasteiger partial charge on any atom is 0.0892 e. The van der Waals surface area contributed by atoms with E-state index in [1.807, 2.05) is 30.2 Å². The van der Waals surface area contributed by atoms with Gasteiger partial charge in [0.15, 0.2) is 0 Å². The lowest BCUT2D eigenvalue weighted by molar-refractivity contribution is 0.171. The van der Waals surface area contributed by atoms with Crippen molar-refractivity contribution in [2.45, 2.75) is 19.4 Å². The van der Waals surface area contributed by atoms with Crippen molar-refractivity contribution in [3.05, 3.63) is 30.4 Å². The monoisotopic (exact) mass is 248 g/mol. The molecule has 0 saturated heterocycles. The van der Waals surface area contributed by atoms with E-state index in [0.29, 0.717) is 5.92 Å². The van der Waals surface area contributed by atoms with E-state index in [2.05, 4.69) is 22.3 Å². The van der Waals surface area contributed by atoms with Crippen LogP contribution in [0.5, 0.6) is 0 Å². The highest BCUT2D eigenvalue weighted by Gasteiger charge is 2.20. The van der Waals surface area contributed by atoms with Gasteiger partial charge in [0.1, 0.15) is 0 Å². The van der Waals surface area contributed by atoms with Crippen molar-refractivity contribution in [2.75, 3.05) is 20.8 Å². The molecule has 5 heteroatoms. The summed E-state index contributed by atoms with van der Waals surface area (Å²) in [5.41, 5.74) is 2.25. The van der Waals surface area contributed by atoms with Gasteiger partial charge in [-0.2, -0.15) is 5.10 Å². The van der Waals surface area contributed by atoms with Gasteiger partial charge in [-0.3, -0.25) is 4.98 Å².